The lowest BCUT2D eigenvalue weighted by Gasteiger charge is -2.44. The lowest BCUT2D eigenvalue weighted by Crippen LogP contribution is -2.64. The quantitative estimate of drug-likeness (QED) is 0.645. The summed E-state index contributed by atoms with van der Waals surface area (Å²) in [5.41, 5.74) is -0.231. The van der Waals surface area contributed by atoms with Crippen LogP contribution in [-0.4, -0.2) is 13.9 Å². The van der Waals surface area contributed by atoms with E-state index in [1.165, 1.54) is 10.4 Å². The van der Waals surface area contributed by atoms with Gasteiger partial charge in [-0.15, -0.1) is 0 Å². The summed E-state index contributed by atoms with van der Waals surface area (Å²) < 4.78 is 0. The molecule has 0 radical (unpaired) electrons. The number of hydrogen-bond donors (Lipinski definition) is 0. The second kappa shape index (κ2) is 7.05. The van der Waals surface area contributed by atoms with E-state index in [4.69, 9.17) is 0 Å². The highest BCUT2D eigenvalue weighted by Gasteiger charge is 2.55. The van der Waals surface area contributed by atoms with Crippen LogP contribution in [0.5, 0.6) is 0 Å². The van der Waals surface area contributed by atoms with Crippen LogP contribution in [0.25, 0.3) is 0 Å². The summed E-state index contributed by atoms with van der Waals surface area (Å²) >= 11 is 0. The van der Waals surface area contributed by atoms with Crippen LogP contribution in [0.3, 0.4) is 0 Å². The highest BCUT2D eigenvalue weighted by Crippen LogP contribution is 2.52. The Kier molecular flexibility index (Phi) is 5.24. The molecule has 2 heteroatoms. The normalized spacial score (nSPS) is 20.4. The van der Waals surface area contributed by atoms with E-state index in [1.807, 2.05) is 0 Å². The van der Waals surface area contributed by atoms with Crippen molar-refractivity contribution in [2.45, 2.75) is 59.0 Å². The fraction of sp³-hybridized carbons (Fsp3) is 0.480. The Balaban J connectivity index is 2.05. The van der Waals surface area contributed by atoms with Gasteiger partial charge in [-0.2, -0.15) is 0 Å². The third kappa shape index (κ3) is 3.82. The van der Waals surface area contributed by atoms with Crippen molar-refractivity contribution >= 4 is 24.2 Å². The molecule has 0 unspecified atom stereocenters. The molecule has 27 heavy (non-hydrogen) atoms. The molecule has 2 atom stereocenters. The minimum Gasteiger partial charge on any atom is -0.299 e. The van der Waals surface area contributed by atoms with E-state index in [1.54, 1.807) is 0 Å². The van der Waals surface area contributed by atoms with E-state index in [9.17, 15) is 4.79 Å². The molecule has 0 N–H and O–H groups in total. The summed E-state index contributed by atoms with van der Waals surface area (Å²) in [6.07, 6.45) is 1.07. The van der Waals surface area contributed by atoms with E-state index in [2.05, 4.69) is 102 Å². The lowest BCUT2D eigenvalue weighted by atomic mass is 9.87. The zero-order valence-electron chi connectivity index (χ0n) is 17.8. The minimum atomic E-state index is -2.05. The molecule has 0 aliphatic heterocycles. The summed E-state index contributed by atoms with van der Waals surface area (Å²) in [7, 11) is -2.05. The molecule has 1 nitrogen and oxygen atoms in total. The second-order valence-electron chi connectivity index (χ2n) is 10.3. The number of hydrogen-bond acceptors (Lipinski definition) is 1. The van der Waals surface area contributed by atoms with Crippen molar-refractivity contribution in [3.8, 4) is 0 Å². The minimum absolute atomic E-state index is 0.174. The predicted molar refractivity (Wildman–Crippen MR) is 118 cm³/mol. The molecule has 0 heterocycles. The van der Waals surface area contributed by atoms with Gasteiger partial charge in [0, 0.05) is 11.3 Å². The van der Waals surface area contributed by atoms with Gasteiger partial charge in [-0.25, -0.2) is 0 Å². The molecule has 1 fully saturated rings. The van der Waals surface area contributed by atoms with Crippen LogP contribution in [0, 0.1) is 17.3 Å². The fourth-order valence-electron chi connectivity index (χ4n) is 4.76. The zero-order valence-corrected chi connectivity index (χ0v) is 18.8. The Bertz CT molecular complexity index is 741. The van der Waals surface area contributed by atoms with Crippen molar-refractivity contribution in [2.75, 3.05) is 0 Å². The molecule has 0 aromatic heterocycles. The first-order valence-corrected chi connectivity index (χ1v) is 12.4. The van der Waals surface area contributed by atoms with Gasteiger partial charge in [-0.1, -0.05) is 113 Å². The number of benzene rings is 2. The summed E-state index contributed by atoms with van der Waals surface area (Å²) in [6.45, 7) is 13.4. The molecule has 0 bridgehead atoms. The van der Waals surface area contributed by atoms with Gasteiger partial charge in [0.15, 0.2) is 0 Å². The third-order valence-electron chi connectivity index (χ3n) is 6.38. The summed E-state index contributed by atoms with van der Waals surface area (Å²) in [5.74, 6) is 1.24. The maximum atomic E-state index is 12.9. The highest BCUT2D eigenvalue weighted by molar-refractivity contribution is 7.04. The van der Waals surface area contributed by atoms with Crippen LogP contribution in [0.1, 0.15) is 48.0 Å². The van der Waals surface area contributed by atoms with Gasteiger partial charge in [0.1, 0.15) is 13.9 Å². The molecule has 144 valence electrons. The molecule has 3 rings (SSSR count). The molecule has 0 saturated heterocycles. The summed E-state index contributed by atoms with van der Waals surface area (Å²) in [6, 6.07) is 23.4. The van der Waals surface area contributed by atoms with Gasteiger partial charge in [0.2, 0.25) is 0 Å². The van der Waals surface area contributed by atoms with Crippen molar-refractivity contribution in [1.29, 1.82) is 0 Å². The van der Waals surface area contributed by atoms with Gasteiger partial charge in [0.05, 0.1) is 0 Å². The number of ketones is 1. The van der Waals surface area contributed by atoms with Crippen LogP contribution in [0.15, 0.2) is 60.7 Å². The van der Waals surface area contributed by atoms with Crippen molar-refractivity contribution in [2.24, 2.45) is 17.3 Å². The fourth-order valence-corrected chi connectivity index (χ4v) is 10.7. The average molecular weight is 379 g/mol. The standard InChI is InChI=1S/C25H34OSi/c1-24(2,3)23(26)22-17-19(22)18-27(25(4,5)6,20-13-9-7-10-14-20)21-15-11-8-12-16-21/h7-16,19,22H,17-18H2,1-6H3/t19-,22-/m0/s1. The summed E-state index contributed by atoms with van der Waals surface area (Å²) in [4.78, 5) is 12.9. The maximum Gasteiger partial charge on any atom is 0.141 e. The molecule has 1 aliphatic carbocycles. The van der Waals surface area contributed by atoms with Crippen LogP contribution in [0.4, 0.5) is 0 Å². The molecule has 2 aromatic rings. The average Bonchev–Trinajstić information content (AvgIpc) is 3.37. The highest BCUT2D eigenvalue weighted by atomic mass is 28.3. The van der Waals surface area contributed by atoms with Gasteiger partial charge in [-0.05, 0) is 23.4 Å². The monoisotopic (exact) mass is 378 g/mol. The van der Waals surface area contributed by atoms with Gasteiger partial charge in [-0.3, -0.25) is 4.79 Å². The van der Waals surface area contributed by atoms with Crippen molar-refractivity contribution in [3.05, 3.63) is 60.7 Å². The molecular weight excluding hydrogens is 344 g/mol. The molecule has 0 spiro atoms. The topological polar surface area (TPSA) is 17.1 Å². The smallest absolute Gasteiger partial charge is 0.141 e. The van der Waals surface area contributed by atoms with E-state index in [0.29, 0.717) is 11.7 Å². The van der Waals surface area contributed by atoms with Gasteiger partial charge in [0.25, 0.3) is 0 Å². The van der Waals surface area contributed by atoms with Crippen LogP contribution >= 0.6 is 0 Å². The number of carbonyl (C=O) groups is 1. The number of carbonyl (C=O) groups excluding carboxylic acids is 1. The zero-order chi connectivity index (χ0) is 19.9. The van der Waals surface area contributed by atoms with Crippen LogP contribution in [-0.2, 0) is 4.79 Å². The van der Waals surface area contributed by atoms with Crippen LogP contribution in [0.2, 0.25) is 11.1 Å². The Morgan fingerprint density at radius 1 is 0.852 bits per heavy atom. The summed E-state index contributed by atoms with van der Waals surface area (Å²) in [5, 5.41) is 3.17. The first-order valence-electron chi connectivity index (χ1n) is 10.2. The second-order valence-corrected chi connectivity index (χ2v) is 15.2. The Morgan fingerprint density at radius 3 is 1.67 bits per heavy atom. The van der Waals surface area contributed by atoms with Crippen molar-refractivity contribution < 1.29 is 4.79 Å². The maximum absolute atomic E-state index is 12.9. The van der Waals surface area contributed by atoms with Crippen molar-refractivity contribution in [1.82, 2.24) is 0 Å². The predicted octanol–water partition coefficient (Wildman–Crippen LogP) is 5.30. The van der Waals surface area contributed by atoms with E-state index < -0.39 is 8.07 Å². The SMILES string of the molecule is CC(C)(C)C(=O)[C@H]1C[C@H]1C[Si](c1ccccc1)(c1ccccc1)C(C)(C)C. The first-order chi connectivity index (χ1) is 12.6. The molecule has 0 amide bonds. The Labute approximate surface area is 166 Å². The van der Waals surface area contributed by atoms with E-state index in [-0.39, 0.29) is 16.4 Å². The molecular formula is C25H34OSi. The Hall–Kier alpha value is -1.67. The van der Waals surface area contributed by atoms with Crippen molar-refractivity contribution in [3.63, 3.8) is 0 Å². The van der Waals surface area contributed by atoms with Gasteiger partial charge >= 0.3 is 0 Å². The number of rotatable bonds is 5. The lowest BCUT2D eigenvalue weighted by molar-refractivity contribution is -0.127. The molecule has 2 aromatic carbocycles. The molecule has 1 aliphatic rings. The third-order valence-corrected chi connectivity index (χ3v) is 12.7. The first kappa shape index (κ1) is 20.1. The molecule has 1 saturated carbocycles. The van der Waals surface area contributed by atoms with E-state index in [0.717, 1.165) is 12.5 Å². The Morgan fingerprint density at radius 2 is 1.30 bits per heavy atom. The van der Waals surface area contributed by atoms with E-state index >= 15 is 0 Å². The largest absolute Gasteiger partial charge is 0.299 e. The van der Waals surface area contributed by atoms with Crippen LogP contribution < -0.4 is 10.4 Å². The number of Topliss-reactive ketones (excluding diaryl/α,β-unsaturated/α-hetero) is 1. The van der Waals surface area contributed by atoms with Gasteiger partial charge < -0.3 is 0 Å².